The second kappa shape index (κ2) is 12.8. The lowest BCUT2D eigenvalue weighted by Crippen LogP contribution is -2.32. The highest BCUT2D eigenvalue weighted by Crippen LogP contribution is 2.29. The van der Waals surface area contributed by atoms with E-state index in [0.717, 1.165) is 18.2 Å². The summed E-state index contributed by atoms with van der Waals surface area (Å²) in [7, 11) is 0. The van der Waals surface area contributed by atoms with Crippen LogP contribution in [0.1, 0.15) is 32.9 Å². The Kier molecular flexibility index (Phi) is 8.46. The molecule has 0 spiro atoms. The zero-order valence-corrected chi connectivity index (χ0v) is 23.7. The molecule has 228 valence electrons. The van der Waals surface area contributed by atoms with Crippen LogP contribution in [-0.4, -0.2) is 51.5 Å². The zero-order chi connectivity index (χ0) is 31.5. The number of nitriles is 1. The number of carbonyl (C=O) groups is 1. The smallest absolute Gasteiger partial charge is 0.335 e. The molecule has 1 atom stereocenters. The molecule has 2 aromatic heterocycles. The van der Waals surface area contributed by atoms with E-state index in [4.69, 9.17) is 19.5 Å². The van der Waals surface area contributed by atoms with Crippen LogP contribution in [0.4, 0.5) is 13.2 Å². The number of carboxylic acids is 1. The Balaban J connectivity index is 1.26. The van der Waals surface area contributed by atoms with Crippen LogP contribution in [0.25, 0.3) is 22.3 Å². The van der Waals surface area contributed by atoms with Crippen molar-refractivity contribution in [2.24, 2.45) is 0 Å². The van der Waals surface area contributed by atoms with E-state index < -0.39 is 23.4 Å². The van der Waals surface area contributed by atoms with Crippen molar-refractivity contribution >= 4 is 17.0 Å². The van der Waals surface area contributed by atoms with Crippen molar-refractivity contribution in [3.63, 3.8) is 0 Å². The van der Waals surface area contributed by atoms with E-state index in [2.05, 4.69) is 9.97 Å². The van der Waals surface area contributed by atoms with Crippen LogP contribution in [0.2, 0.25) is 0 Å². The van der Waals surface area contributed by atoms with Crippen LogP contribution in [0.15, 0.2) is 66.7 Å². The Hall–Kier alpha value is -5.25. The predicted molar refractivity (Wildman–Crippen MR) is 155 cm³/mol. The number of carboxylic acid groups (broad SMARTS) is 1. The summed E-state index contributed by atoms with van der Waals surface area (Å²) in [5.74, 6) is -2.66. The van der Waals surface area contributed by atoms with Crippen molar-refractivity contribution in [3.8, 4) is 23.2 Å². The van der Waals surface area contributed by atoms with Crippen molar-refractivity contribution in [3.05, 3.63) is 112 Å². The van der Waals surface area contributed by atoms with Gasteiger partial charge in [0, 0.05) is 23.6 Å². The van der Waals surface area contributed by atoms with Crippen LogP contribution in [0, 0.1) is 28.8 Å². The van der Waals surface area contributed by atoms with Crippen molar-refractivity contribution < 1.29 is 37.3 Å². The number of halogens is 3. The molecule has 1 aliphatic heterocycles. The number of pyridine rings is 1. The lowest BCUT2D eigenvalue weighted by molar-refractivity contribution is -0.0934. The van der Waals surface area contributed by atoms with Crippen molar-refractivity contribution in [2.45, 2.75) is 25.7 Å². The first kappa shape index (κ1) is 29.8. The number of aromatic nitrogens is 3. The van der Waals surface area contributed by atoms with Gasteiger partial charge in [-0.15, -0.1) is 0 Å². The SMILES string of the molecule is N#Cc1ccc(COc2cccc(-c3cc(F)c(Cc4nc5ccc(C(=O)O)cc5n4C[C@@H]4COCCO4)cc3F)n2)c(F)c1. The fourth-order valence-corrected chi connectivity index (χ4v) is 5.11. The summed E-state index contributed by atoms with van der Waals surface area (Å²) in [6.45, 7) is 1.29. The lowest BCUT2D eigenvalue weighted by atomic mass is 10.0. The number of rotatable bonds is 9. The monoisotopic (exact) mass is 614 g/mol. The van der Waals surface area contributed by atoms with Gasteiger partial charge in [-0.05, 0) is 54.1 Å². The third kappa shape index (κ3) is 6.50. The van der Waals surface area contributed by atoms with Gasteiger partial charge in [0.1, 0.15) is 29.9 Å². The van der Waals surface area contributed by atoms with Crippen molar-refractivity contribution in [1.29, 1.82) is 5.26 Å². The van der Waals surface area contributed by atoms with E-state index in [-0.39, 0.29) is 65.1 Å². The Morgan fingerprint density at radius 3 is 2.60 bits per heavy atom. The third-order valence-corrected chi connectivity index (χ3v) is 7.39. The van der Waals surface area contributed by atoms with Crippen LogP contribution in [0.3, 0.4) is 0 Å². The maximum atomic E-state index is 15.5. The molecule has 1 fully saturated rings. The maximum absolute atomic E-state index is 15.5. The summed E-state index contributed by atoms with van der Waals surface area (Å²) >= 11 is 0. The standard InChI is InChI=1S/C33H25F3N4O5/c34-25-10-19(15-37)4-5-21(25)17-45-32-3-1-2-28(39-32)24-14-26(35)22(11-27(24)36)13-31-38-29-7-6-20(33(41)42)12-30(29)40(31)16-23-18-43-8-9-44-23/h1-7,10-12,14,23H,8-9,13,16-18H2,(H,41,42)/t23-/m1/s1. The molecule has 0 unspecified atom stereocenters. The van der Waals surface area contributed by atoms with Gasteiger partial charge in [-0.3, -0.25) is 0 Å². The van der Waals surface area contributed by atoms with E-state index in [1.165, 1.54) is 36.4 Å². The van der Waals surface area contributed by atoms with Gasteiger partial charge in [0.15, 0.2) is 0 Å². The number of aromatic carboxylic acids is 1. The molecular formula is C33H25F3N4O5. The Morgan fingerprint density at radius 1 is 1.00 bits per heavy atom. The van der Waals surface area contributed by atoms with Crippen molar-refractivity contribution in [2.75, 3.05) is 19.8 Å². The van der Waals surface area contributed by atoms with Crippen molar-refractivity contribution in [1.82, 2.24) is 14.5 Å². The Bertz CT molecular complexity index is 1950. The molecule has 1 N–H and O–H groups in total. The molecule has 1 saturated heterocycles. The molecule has 12 heteroatoms. The van der Waals surface area contributed by atoms with Crippen LogP contribution < -0.4 is 4.74 Å². The molecule has 0 aliphatic carbocycles. The molecule has 6 rings (SSSR count). The molecule has 1 aliphatic rings. The van der Waals surface area contributed by atoms with Gasteiger partial charge in [0.25, 0.3) is 0 Å². The molecular weight excluding hydrogens is 589 g/mol. The largest absolute Gasteiger partial charge is 0.478 e. The topological polar surface area (TPSA) is 119 Å². The normalized spacial score (nSPS) is 14.8. The quantitative estimate of drug-likeness (QED) is 0.226. The summed E-state index contributed by atoms with van der Waals surface area (Å²) in [5.41, 5.74) is 1.53. The fourth-order valence-electron chi connectivity index (χ4n) is 5.11. The molecule has 0 bridgehead atoms. The van der Waals surface area contributed by atoms with Gasteiger partial charge >= 0.3 is 5.97 Å². The average Bonchev–Trinajstić information content (AvgIpc) is 3.38. The summed E-state index contributed by atoms with van der Waals surface area (Å²) < 4.78 is 63.9. The Labute approximate surface area is 255 Å². The molecule has 9 nitrogen and oxygen atoms in total. The number of fused-ring (bicyclic) bond motifs is 1. The van der Waals surface area contributed by atoms with Gasteiger partial charge in [0.2, 0.25) is 5.88 Å². The molecule has 0 saturated carbocycles. The number of ether oxygens (including phenoxy) is 3. The minimum Gasteiger partial charge on any atom is -0.478 e. The second-order valence-electron chi connectivity index (χ2n) is 10.4. The molecule has 3 aromatic carbocycles. The fraction of sp³-hybridized carbons (Fsp3) is 0.212. The number of imidazole rings is 1. The highest BCUT2D eigenvalue weighted by molar-refractivity contribution is 5.92. The van der Waals surface area contributed by atoms with Gasteiger partial charge in [-0.1, -0.05) is 12.1 Å². The minimum atomic E-state index is -1.10. The van der Waals surface area contributed by atoms with Crippen LogP contribution in [-0.2, 0) is 29.0 Å². The van der Waals surface area contributed by atoms with Crippen LogP contribution in [0.5, 0.6) is 5.88 Å². The number of benzene rings is 3. The summed E-state index contributed by atoms with van der Waals surface area (Å²) in [6, 6.07) is 17.1. The summed E-state index contributed by atoms with van der Waals surface area (Å²) in [6.07, 6.45) is -0.415. The van der Waals surface area contributed by atoms with E-state index in [1.807, 2.05) is 6.07 Å². The zero-order valence-electron chi connectivity index (χ0n) is 23.7. The number of nitrogens with zero attached hydrogens (tertiary/aromatic N) is 4. The predicted octanol–water partition coefficient (Wildman–Crippen LogP) is 5.67. The Morgan fingerprint density at radius 2 is 1.84 bits per heavy atom. The molecule has 5 aromatic rings. The van der Waals surface area contributed by atoms with Gasteiger partial charge in [-0.2, -0.15) is 5.26 Å². The summed E-state index contributed by atoms with van der Waals surface area (Å²) in [5, 5.41) is 18.4. The number of hydrogen-bond acceptors (Lipinski definition) is 7. The van der Waals surface area contributed by atoms with E-state index in [0.29, 0.717) is 36.7 Å². The first-order chi connectivity index (χ1) is 21.8. The van der Waals surface area contributed by atoms with E-state index >= 15 is 8.78 Å². The van der Waals surface area contributed by atoms with E-state index in [1.54, 1.807) is 16.7 Å². The highest BCUT2D eigenvalue weighted by atomic mass is 19.1. The summed E-state index contributed by atoms with van der Waals surface area (Å²) in [4.78, 5) is 20.5. The molecule has 0 amide bonds. The number of hydrogen-bond donors (Lipinski definition) is 1. The van der Waals surface area contributed by atoms with Gasteiger partial charge in [0.05, 0.1) is 66.4 Å². The van der Waals surface area contributed by atoms with Gasteiger partial charge in [-0.25, -0.2) is 27.9 Å². The first-order valence-corrected chi connectivity index (χ1v) is 14.0. The highest BCUT2D eigenvalue weighted by Gasteiger charge is 2.22. The minimum absolute atomic E-state index is 0.0378. The first-order valence-electron chi connectivity index (χ1n) is 14.0. The average molecular weight is 615 g/mol. The van der Waals surface area contributed by atoms with Crippen LogP contribution >= 0.6 is 0 Å². The maximum Gasteiger partial charge on any atom is 0.335 e. The molecule has 3 heterocycles. The van der Waals surface area contributed by atoms with E-state index in [9.17, 15) is 14.3 Å². The van der Waals surface area contributed by atoms with Gasteiger partial charge < -0.3 is 23.9 Å². The lowest BCUT2D eigenvalue weighted by Gasteiger charge is -2.24. The second-order valence-corrected chi connectivity index (χ2v) is 10.4. The third-order valence-electron chi connectivity index (χ3n) is 7.39. The molecule has 0 radical (unpaired) electrons. The molecule has 45 heavy (non-hydrogen) atoms.